The number of thioether (sulfide) groups is 1. The van der Waals surface area contributed by atoms with E-state index in [9.17, 15) is 4.79 Å². The fourth-order valence-electron chi connectivity index (χ4n) is 2.31. The Kier molecular flexibility index (Phi) is 6.34. The molecule has 1 aliphatic rings. The minimum atomic E-state index is 0.0389. The topological polar surface area (TPSA) is 41.1 Å². The maximum absolute atomic E-state index is 12.0. The summed E-state index contributed by atoms with van der Waals surface area (Å²) < 4.78 is 0.213. The van der Waals surface area contributed by atoms with Crippen molar-refractivity contribution in [1.82, 2.24) is 10.6 Å². The van der Waals surface area contributed by atoms with Crippen LogP contribution in [-0.2, 0) is 4.79 Å². The Labute approximate surface area is 109 Å². The minimum Gasteiger partial charge on any atom is -0.353 e. The highest BCUT2D eigenvalue weighted by atomic mass is 32.2. The van der Waals surface area contributed by atoms with Crippen molar-refractivity contribution in [2.45, 2.75) is 56.7 Å². The third-order valence-electron chi connectivity index (χ3n) is 3.93. The molecule has 17 heavy (non-hydrogen) atoms. The van der Waals surface area contributed by atoms with Crippen LogP contribution in [0.2, 0.25) is 0 Å². The number of amides is 1. The monoisotopic (exact) mass is 258 g/mol. The predicted molar refractivity (Wildman–Crippen MR) is 75.5 cm³/mol. The number of carbonyl (C=O) groups excluding carboxylic acids is 1. The molecule has 1 amide bonds. The average molecular weight is 258 g/mol. The molecule has 2 N–H and O–H groups in total. The van der Waals surface area contributed by atoms with E-state index in [1.165, 1.54) is 12.8 Å². The lowest BCUT2D eigenvalue weighted by atomic mass is 10.0. The molecule has 1 unspecified atom stereocenters. The molecule has 1 fully saturated rings. The summed E-state index contributed by atoms with van der Waals surface area (Å²) in [5, 5.41) is 6.41. The molecule has 1 rings (SSSR count). The maximum Gasteiger partial charge on any atom is 0.237 e. The van der Waals surface area contributed by atoms with Gasteiger partial charge in [-0.2, -0.15) is 11.8 Å². The fraction of sp³-hybridized carbons (Fsp3) is 0.923. The summed E-state index contributed by atoms with van der Waals surface area (Å²) >= 11 is 1.87. The lowest BCUT2D eigenvalue weighted by Gasteiger charge is -2.31. The Hall–Kier alpha value is -0.220. The van der Waals surface area contributed by atoms with Crippen molar-refractivity contribution in [3.8, 4) is 0 Å². The first-order chi connectivity index (χ1) is 8.17. The molecule has 0 aromatic rings. The Balaban J connectivity index is 2.40. The summed E-state index contributed by atoms with van der Waals surface area (Å²) in [6, 6.07) is 0.0389. The summed E-state index contributed by atoms with van der Waals surface area (Å²) in [6.07, 6.45) is 7.68. The predicted octanol–water partition coefficient (Wildman–Crippen LogP) is 2.17. The van der Waals surface area contributed by atoms with E-state index >= 15 is 0 Å². The van der Waals surface area contributed by atoms with Crippen LogP contribution in [0.1, 0.15) is 46.0 Å². The Morgan fingerprint density at radius 3 is 2.59 bits per heavy atom. The largest absolute Gasteiger partial charge is 0.353 e. The van der Waals surface area contributed by atoms with E-state index in [1.54, 1.807) is 0 Å². The summed E-state index contributed by atoms with van der Waals surface area (Å²) in [5.41, 5.74) is 0. The molecule has 1 aliphatic heterocycles. The van der Waals surface area contributed by atoms with Gasteiger partial charge in [0, 0.05) is 11.3 Å². The van der Waals surface area contributed by atoms with Crippen molar-refractivity contribution >= 4 is 17.7 Å². The second-order valence-electron chi connectivity index (χ2n) is 4.81. The number of carbonyl (C=O) groups is 1. The molecule has 0 spiro atoms. The molecule has 0 aromatic heterocycles. The molecule has 100 valence electrons. The van der Waals surface area contributed by atoms with Crippen molar-refractivity contribution in [1.29, 1.82) is 0 Å². The van der Waals surface area contributed by atoms with Crippen LogP contribution in [0.5, 0.6) is 0 Å². The van der Waals surface area contributed by atoms with Gasteiger partial charge in [0.05, 0.1) is 6.04 Å². The highest BCUT2D eigenvalue weighted by Crippen LogP contribution is 2.29. The Morgan fingerprint density at radius 2 is 2.12 bits per heavy atom. The van der Waals surface area contributed by atoms with Gasteiger partial charge in [0.1, 0.15) is 0 Å². The summed E-state index contributed by atoms with van der Waals surface area (Å²) in [5.74, 6) is 0.185. The second kappa shape index (κ2) is 7.27. The zero-order chi connectivity index (χ0) is 12.7. The SMILES string of the molecule is CCC(CC)(CNC(=O)C1CCCCN1)SC. The van der Waals surface area contributed by atoms with Crippen molar-refractivity contribution in [2.24, 2.45) is 0 Å². The van der Waals surface area contributed by atoms with Crippen LogP contribution in [0.15, 0.2) is 0 Å². The van der Waals surface area contributed by atoms with E-state index in [1.807, 2.05) is 11.8 Å². The lowest BCUT2D eigenvalue weighted by molar-refractivity contribution is -0.123. The first-order valence-electron chi connectivity index (χ1n) is 6.73. The minimum absolute atomic E-state index is 0.0389. The van der Waals surface area contributed by atoms with Crippen LogP contribution < -0.4 is 10.6 Å². The van der Waals surface area contributed by atoms with Crippen LogP contribution in [0.3, 0.4) is 0 Å². The molecule has 0 aliphatic carbocycles. The number of hydrogen-bond donors (Lipinski definition) is 2. The van der Waals surface area contributed by atoms with Gasteiger partial charge in [-0.05, 0) is 38.5 Å². The molecule has 0 radical (unpaired) electrons. The van der Waals surface area contributed by atoms with Crippen LogP contribution in [-0.4, -0.2) is 36.0 Å². The maximum atomic E-state index is 12.0. The van der Waals surface area contributed by atoms with Gasteiger partial charge in [0.15, 0.2) is 0 Å². The van der Waals surface area contributed by atoms with E-state index in [2.05, 4.69) is 30.7 Å². The molecular weight excluding hydrogens is 232 g/mol. The van der Waals surface area contributed by atoms with Gasteiger partial charge in [0.2, 0.25) is 5.91 Å². The van der Waals surface area contributed by atoms with Crippen molar-refractivity contribution < 1.29 is 4.79 Å². The van der Waals surface area contributed by atoms with Gasteiger partial charge in [-0.1, -0.05) is 20.3 Å². The van der Waals surface area contributed by atoms with Gasteiger partial charge < -0.3 is 10.6 Å². The lowest BCUT2D eigenvalue weighted by Crippen LogP contribution is -2.50. The Morgan fingerprint density at radius 1 is 1.41 bits per heavy atom. The molecule has 1 heterocycles. The van der Waals surface area contributed by atoms with E-state index in [0.29, 0.717) is 0 Å². The molecule has 0 aromatic carbocycles. The van der Waals surface area contributed by atoms with Gasteiger partial charge in [-0.3, -0.25) is 4.79 Å². The van der Waals surface area contributed by atoms with Gasteiger partial charge >= 0.3 is 0 Å². The number of hydrogen-bond acceptors (Lipinski definition) is 3. The van der Waals surface area contributed by atoms with Crippen molar-refractivity contribution in [3.63, 3.8) is 0 Å². The fourth-order valence-corrected chi connectivity index (χ4v) is 3.10. The van der Waals surface area contributed by atoms with Crippen molar-refractivity contribution in [3.05, 3.63) is 0 Å². The summed E-state index contributed by atoms with van der Waals surface area (Å²) in [7, 11) is 0. The summed E-state index contributed by atoms with van der Waals surface area (Å²) in [6.45, 7) is 6.17. The third-order valence-corrected chi connectivity index (χ3v) is 5.52. The highest BCUT2D eigenvalue weighted by molar-refractivity contribution is 8.00. The average Bonchev–Trinajstić information content (AvgIpc) is 2.41. The number of piperidine rings is 1. The van der Waals surface area contributed by atoms with Gasteiger partial charge in [-0.25, -0.2) is 0 Å². The zero-order valence-electron chi connectivity index (χ0n) is 11.3. The first-order valence-corrected chi connectivity index (χ1v) is 7.96. The van der Waals surface area contributed by atoms with E-state index in [0.717, 1.165) is 32.4 Å². The number of rotatable bonds is 6. The molecule has 1 saturated heterocycles. The molecule has 3 nitrogen and oxygen atoms in total. The Bertz CT molecular complexity index is 227. The van der Waals surface area contributed by atoms with Gasteiger partial charge in [-0.15, -0.1) is 0 Å². The van der Waals surface area contributed by atoms with Crippen LogP contribution in [0.4, 0.5) is 0 Å². The number of nitrogens with one attached hydrogen (secondary N) is 2. The smallest absolute Gasteiger partial charge is 0.237 e. The highest BCUT2D eigenvalue weighted by Gasteiger charge is 2.27. The van der Waals surface area contributed by atoms with Crippen LogP contribution in [0.25, 0.3) is 0 Å². The molecular formula is C13H26N2OS. The second-order valence-corrected chi connectivity index (χ2v) is 6.09. The molecule has 4 heteroatoms. The van der Waals surface area contributed by atoms with Crippen LogP contribution >= 0.6 is 11.8 Å². The van der Waals surface area contributed by atoms with Gasteiger partial charge in [0.25, 0.3) is 0 Å². The normalized spacial score (nSPS) is 21.2. The van der Waals surface area contributed by atoms with E-state index in [-0.39, 0.29) is 16.7 Å². The first kappa shape index (κ1) is 14.8. The molecule has 0 bridgehead atoms. The molecule has 1 atom stereocenters. The van der Waals surface area contributed by atoms with Crippen molar-refractivity contribution in [2.75, 3.05) is 19.3 Å². The molecule has 0 saturated carbocycles. The zero-order valence-corrected chi connectivity index (χ0v) is 12.2. The van der Waals surface area contributed by atoms with E-state index in [4.69, 9.17) is 0 Å². The summed E-state index contributed by atoms with van der Waals surface area (Å²) in [4.78, 5) is 12.0. The standard InChI is InChI=1S/C13H26N2OS/c1-4-13(5-2,17-3)10-15-12(16)11-8-6-7-9-14-11/h11,14H,4-10H2,1-3H3,(H,15,16). The third kappa shape index (κ3) is 4.18. The quantitative estimate of drug-likeness (QED) is 0.767. The van der Waals surface area contributed by atoms with E-state index < -0.39 is 0 Å². The van der Waals surface area contributed by atoms with Crippen LogP contribution in [0, 0.1) is 0 Å².